The number of carboxylic acids is 2. The van der Waals surface area contributed by atoms with Crippen LogP contribution in [0, 0.1) is 11.6 Å². The molecule has 1 amide bonds. The molecule has 0 aliphatic heterocycles. The smallest absolute Gasteiger partial charge is 0.414 e. The highest BCUT2D eigenvalue weighted by molar-refractivity contribution is 6.27. The average molecular weight is 468 g/mol. The molecule has 0 spiro atoms. The summed E-state index contributed by atoms with van der Waals surface area (Å²) in [5.41, 5.74) is 1.35. The SMILES string of the molecule is COc1ccc(CCN(C)CCC(=O)Nc2ccc(F)c(F)c2)cc1OC.O=C(O)C(=O)O. The number of nitrogens with zero attached hydrogens (tertiary/aromatic N) is 1. The van der Waals surface area contributed by atoms with Crippen molar-refractivity contribution in [3.8, 4) is 11.5 Å². The fourth-order valence-electron chi connectivity index (χ4n) is 2.56. The molecule has 0 fully saturated rings. The Morgan fingerprint density at radius 3 is 2.09 bits per heavy atom. The van der Waals surface area contributed by atoms with Crippen LogP contribution in [0.5, 0.6) is 11.5 Å². The lowest BCUT2D eigenvalue weighted by Crippen LogP contribution is -2.26. The van der Waals surface area contributed by atoms with Crippen LogP contribution in [0.4, 0.5) is 14.5 Å². The molecule has 0 radical (unpaired) electrons. The molecule has 180 valence electrons. The zero-order chi connectivity index (χ0) is 25.0. The summed E-state index contributed by atoms with van der Waals surface area (Å²) in [5.74, 6) is -4.46. The summed E-state index contributed by atoms with van der Waals surface area (Å²) >= 11 is 0. The molecule has 0 saturated carbocycles. The Balaban J connectivity index is 0.000000801. The zero-order valence-corrected chi connectivity index (χ0v) is 18.4. The number of aliphatic carboxylic acids is 2. The Hall–Kier alpha value is -3.73. The number of amides is 1. The van der Waals surface area contributed by atoms with E-state index < -0.39 is 23.6 Å². The molecule has 0 saturated heterocycles. The highest BCUT2D eigenvalue weighted by Crippen LogP contribution is 2.27. The third-order valence-corrected chi connectivity index (χ3v) is 4.34. The molecule has 0 aromatic heterocycles. The summed E-state index contributed by atoms with van der Waals surface area (Å²) in [6.07, 6.45) is 1.04. The number of methoxy groups -OCH3 is 2. The molecule has 3 N–H and O–H groups in total. The van der Waals surface area contributed by atoms with Crippen molar-refractivity contribution in [2.24, 2.45) is 0 Å². The van der Waals surface area contributed by atoms with Crippen LogP contribution in [0.15, 0.2) is 36.4 Å². The Labute approximate surface area is 189 Å². The van der Waals surface area contributed by atoms with Gasteiger partial charge in [-0.15, -0.1) is 0 Å². The second-order valence-corrected chi connectivity index (χ2v) is 6.78. The Bertz CT molecular complexity index is 958. The minimum Gasteiger partial charge on any atom is -0.493 e. The lowest BCUT2D eigenvalue weighted by molar-refractivity contribution is -0.159. The van der Waals surface area contributed by atoms with Crippen LogP contribution in [0.3, 0.4) is 0 Å². The van der Waals surface area contributed by atoms with E-state index in [0.29, 0.717) is 18.0 Å². The lowest BCUT2D eigenvalue weighted by atomic mass is 10.1. The van der Waals surface area contributed by atoms with Gasteiger partial charge in [-0.25, -0.2) is 18.4 Å². The predicted octanol–water partition coefficient (Wildman–Crippen LogP) is 2.64. The van der Waals surface area contributed by atoms with Gasteiger partial charge < -0.3 is 29.9 Å². The fourth-order valence-corrected chi connectivity index (χ4v) is 2.56. The maximum absolute atomic E-state index is 13.2. The third kappa shape index (κ3) is 9.95. The highest BCUT2D eigenvalue weighted by atomic mass is 19.2. The minimum atomic E-state index is -1.82. The van der Waals surface area contributed by atoms with Crippen LogP contribution in [-0.4, -0.2) is 67.3 Å². The van der Waals surface area contributed by atoms with E-state index in [1.165, 1.54) is 6.07 Å². The first kappa shape index (κ1) is 27.3. The number of nitrogens with one attached hydrogen (secondary N) is 1. The van der Waals surface area contributed by atoms with Gasteiger partial charge in [0.25, 0.3) is 0 Å². The minimum absolute atomic E-state index is 0.242. The molecule has 0 bridgehead atoms. The number of anilines is 1. The average Bonchev–Trinajstić information content (AvgIpc) is 2.78. The molecular weight excluding hydrogens is 442 g/mol. The molecular formula is C22H26F2N2O7. The van der Waals surface area contributed by atoms with E-state index in [-0.39, 0.29) is 18.0 Å². The maximum atomic E-state index is 13.2. The van der Waals surface area contributed by atoms with E-state index in [2.05, 4.69) is 5.32 Å². The van der Waals surface area contributed by atoms with Gasteiger partial charge in [-0.05, 0) is 43.3 Å². The summed E-state index contributed by atoms with van der Waals surface area (Å²) in [5, 5.41) is 17.3. The van der Waals surface area contributed by atoms with Crippen molar-refractivity contribution < 1.29 is 42.9 Å². The van der Waals surface area contributed by atoms with E-state index in [9.17, 15) is 13.6 Å². The summed E-state index contributed by atoms with van der Waals surface area (Å²) < 4.78 is 36.6. The molecule has 11 heteroatoms. The van der Waals surface area contributed by atoms with Crippen LogP contribution in [0.25, 0.3) is 0 Å². The van der Waals surface area contributed by atoms with Crippen molar-refractivity contribution >= 4 is 23.5 Å². The molecule has 0 atom stereocenters. The summed E-state index contributed by atoms with van der Waals surface area (Å²) in [4.78, 5) is 32.2. The van der Waals surface area contributed by atoms with Crippen LogP contribution < -0.4 is 14.8 Å². The number of ether oxygens (including phenoxy) is 2. The van der Waals surface area contributed by atoms with Crippen molar-refractivity contribution in [1.82, 2.24) is 4.90 Å². The molecule has 0 aliphatic carbocycles. The molecule has 33 heavy (non-hydrogen) atoms. The summed E-state index contributed by atoms with van der Waals surface area (Å²) in [6, 6.07) is 9.06. The van der Waals surface area contributed by atoms with Crippen molar-refractivity contribution in [1.29, 1.82) is 0 Å². The first-order chi connectivity index (χ1) is 15.6. The van der Waals surface area contributed by atoms with Crippen LogP contribution >= 0.6 is 0 Å². The van der Waals surface area contributed by atoms with Crippen LogP contribution in [-0.2, 0) is 20.8 Å². The van der Waals surface area contributed by atoms with E-state index in [1.54, 1.807) is 14.2 Å². The second-order valence-electron chi connectivity index (χ2n) is 6.78. The van der Waals surface area contributed by atoms with E-state index in [4.69, 9.17) is 29.3 Å². The highest BCUT2D eigenvalue weighted by Gasteiger charge is 2.09. The first-order valence-electron chi connectivity index (χ1n) is 9.68. The maximum Gasteiger partial charge on any atom is 0.414 e. The Kier molecular flexibility index (Phi) is 11.3. The topological polar surface area (TPSA) is 125 Å². The van der Waals surface area contributed by atoms with Crippen molar-refractivity contribution in [2.45, 2.75) is 12.8 Å². The fraction of sp³-hybridized carbons (Fsp3) is 0.318. The molecule has 2 aromatic rings. The van der Waals surface area contributed by atoms with Crippen molar-refractivity contribution in [2.75, 3.05) is 39.7 Å². The van der Waals surface area contributed by atoms with Gasteiger partial charge in [0.1, 0.15) is 0 Å². The number of carbonyl (C=O) groups excluding carboxylic acids is 1. The molecule has 0 unspecified atom stereocenters. The standard InChI is InChI=1S/C20H24F2N2O3.C2H2O4/c1-24(10-8-14-4-7-18(26-2)19(12-14)27-3)11-9-20(25)23-15-5-6-16(21)17(22)13-15;3-1(4)2(5)6/h4-7,12-13H,8-11H2,1-3H3,(H,23,25);(H,3,4)(H,5,6). The van der Waals surface area contributed by atoms with Gasteiger partial charge in [-0.2, -0.15) is 0 Å². The van der Waals surface area contributed by atoms with E-state index in [0.717, 1.165) is 30.7 Å². The second kappa shape index (κ2) is 13.6. The molecule has 2 rings (SSSR count). The number of hydrogen-bond donors (Lipinski definition) is 3. The molecule has 0 aliphatic rings. The zero-order valence-electron chi connectivity index (χ0n) is 18.4. The van der Waals surface area contributed by atoms with Gasteiger partial charge in [-0.1, -0.05) is 6.07 Å². The number of hydrogen-bond acceptors (Lipinski definition) is 6. The Morgan fingerprint density at radius 2 is 1.55 bits per heavy atom. The van der Waals surface area contributed by atoms with Crippen LogP contribution in [0.2, 0.25) is 0 Å². The predicted molar refractivity (Wildman–Crippen MR) is 116 cm³/mol. The van der Waals surface area contributed by atoms with E-state index in [1.807, 2.05) is 30.1 Å². The summed E-state index contributed by atoms with van der Waals surface area (Å²) in [7, 11) is 5.11. The van der Waals surface area contributed by atoms with Gasteiger partial charge in [-0.3, -0.25) is 4.79 Å². The molecule has 0 heterocycles. The Morgan fingerprint density at radius 1 is 0.909 bits per heavy atom. The van der Waals surface area contributed by atoms with Gasteiger partial charge in [0.2, 0.25) is 5.91 Å². The molecule has 9 nitrogen and oxygen atoms in total. The monoisotopic (exact) mass is 468 g/mol. The summed E-state index contributed by atoms with van der Waals surface area (Å²) in [6.45, 7) is 1.30. The molecule has 2 aromatic carbocycles. The van der Waals surface area contributed by atoms with Gasteiger partial charge in [0, 0.05) is 31.3 Å². The largest absolute Gasteiger partial charge is 0.493 e. The van der Waals surface area contributed by atoms with Gasteiger partial charge in [0.15, 0.2) is 23.1 Å². The number of halogens is 2. The third-order valence-electron chi connectivity index (χ3n) is 4.34. The lowest BCUT2D eigenvalue weighted by Gasteiger charge is -2.17. The first-order valence-corrected chi connectivity index (χ1v) is 9.68. The van der Waals surface area contributed by atoms with Crippen LogP contribution in [0.1, 0.15) is 12.0 Å². The van der Waals surface area contributed by atoms with Crippen molar-refractivity contribution in [3.05, 3.63) is 53.6 Å². The van der Waals surface area contributed by atoms with E-state index >= 15 is 0 Å². The van der Waals surface area contributed by atoms with Gasteiger partial charge >= 0.3 is 11.9 Å². The number of carboxylic acid groups (broad SMARTS) is 2. The van der Waals surface area contributed by atoms with Gasteiger partial charge in [0.05, 0.1) is 14.2 Å². The number of likely N-dealkylation sites (N-methyl/N-ethyl adjacent to an activating group) is 1. The number of rotatable bonds is 9. The normalized spacial score (nSPS) is 10.1. The number of carbonyl (C=O) groups is 3. The number of benzene rings is 2. The van der Waals surface area contributed by atoms with Crippen molar-refractivity contribution in [3.63, 3.8) is 0 Å². The quantitative estimate of drug-likeness (QED) is 0.480.